The zero-order valence-electron chi connectivity index (χ0n) is 13.6. The van der Waals surface area contributed by atoms with Crippen LogP contribution in [0.4, 0.5) is 0 Å². The van der Waals surface area contributed by atoms with E-state index in [1.165, 1.54) is 4.88 Å². The number of hydrogen-bond acceptors (Lipinski definition) is 3. The van der Waals surface area contributed by atoms with Gasteiger partial charge in [-0.25, -0.2) is 0 Å². The molecule has 2 N–H and O–H groups in total. The average molecular weight is 424 g/mol. The molecule has 0 aliphatic heterocycles. The molecule has 1 atom stereocenters. The fraction of sp³-hybridized carbons (Fsp3) is 0.667. The Kier molecular flexibility index (Phi) is 12.0. The predicted octanol–water partition coefficient (Wildman–Crippen LogP) is 2.66. The summed E-state index contributed by atoms with van der Waals surface area (Å²) in [7, 11) is 3.95. The van der Waals surface area contributed by atoms with Crippen molar-refractivity contribution in [3.05, 3.63) is 22.4 Å². The van der Waals surface area contributed by atoms with Crippen LogP contribution in [0.3, 0.4) is 0 Å². The number of guanidine groups is 1. The van der Waals surface area contributed by atoms with Crippen LogP contribution < -0.4 is 10.6 Å². The fourth-order valence-corrected chi connectivity index (χ4v) is 2.73. The molecule has 0 saturated carbocycles. The molecule has 0 aliphatic rings. The van der Waals surface area contributed by atoms with Crippen LogP contribution in [0.1, 0.15) is 18.7 Å². The first kappa shape index (κ1) is 20.7. The largest absolute Gasteiger partial charge is 0.356 e. The molecule has 0 amide bonds. The van der Waals surface area contributed by atoms with Crippen molar-refractivity contribution in [1.82, 2.24) is 15.5 Å². The minimum atomic E-state index is 0. The molecule has 1 unspecified atom stereocenters. The Morgan fingerprint density at radius 3 is 2.76 bits per heavy atom. The number of halogens is 1. The summed E-state index contributed by atoms with van der Waals surface area (Å²) in [5.74, 6) is 1.50. The molecule has 1 aromatic rings. The third kappa shape index (κ3) is 9.31. The van der Waals surface area contributed by atoms with E-state index in [-0.39, 0.29) is 24.0 Å². The molecule has 1 heterocycles. The van der Waals surface area contributed by atoms with Gasteiger partial charge in [-0.2, -0.15) is 0 Å². The van der Waals surface area contributed by atoms with Gasteiger partial charge >= 0.3 is 0 Å². The summed E-state index contributed by atoms with van der Waals surface area (Å²) < 4.78 is 0. The quantitative estimate of drug-likeness (QED) is 0.383. The highest BCUT2D eigenvalue weighted by Gasteiger charge is 2.06. The number of nitrogens with one attached hydrogen (secondary N) is 2. The van der Waals surface area contributed by atoms with Gasteiger partial charge in [0.1, 0.15) is 0 Å². The van der Waals surface area contributed by atoms with Gasteiger partial charge in [-0.05, 0) is 37.4 Å². The molecule has 21 heavy (non-hydrogen) atoms. The monoisotopic (exact) mass is 424 g/mol. The second-order valence-electron chi connectivity index (χ2n) is 5.16. The first-order valence-corrected chi connectivity index (χ1v) is 8.19. The van der Waals surface area contributed by atoms with E-state index in [1.54, 1.807) is 0 Å². The van der Waals surface area contributed by atoms with Crippen molar-refractivity contribution in [1.29, 1.82) is 0 Å². The normalized spacial score (nSPS) is 12.9. The van der Waals surface area contributed by atoms with Gasteiger partial charge in [-0.15, -0.1) is 35.3 Å². The molecule has 0 aliphatic carbocycles. The van der Waals surface area contributed by atoms with Gasteiger partial charge in [0, 0.05) is 31.6 Å². The van der Waals surface area contributed by atoms with Crippen LogP contribution >= 0.6 is 35.3 Å². The summed E-state index contributed by atoms with van der Waals surface area (Å²) >= 11 is 1.83. The van der Waals surface area contributed by atoms with Gasteiger partial charge in [0.05, 0.1) is 0 Å². The molecule has 1 aromatic heterocycles. The first-order chi connectivity index (χ1) is 9.65. The smallest absolute Gasteiger partial charge is 0.191 e. The molecule has 0 radical (unpaired) electrons. The second-order valence-corrected chi connectivity index (χ2v) is 6.20. The maximum atomic E-state index is 4.26. The van der Waals surface area contributed by atoms with E-state index in [1.807, 2.05) is 18.4 Å². The van der Waals surface area contributed by atoms with Gasteiger partial charge in [0.25, 0.3) is 0 Å². The molecule has 0 fully saturated rings. The van der Waals surface area contributed by atoms with Crippen LogP contribution in [0.5, 0.6) is 0 Å². The predicted molar refractivity (Wildman–Crippen MR) is 105 cm³/mol. The van der Waals surface area contributed by atoms with E-state index < -0.39 is 0 Å². The van der Waals surface area contributed by atoms with E-state index in [0.717, 1.165) is 38.6 Å². The summed E-state index contributed by atoms with van der Waals surface area (Å²) in [6, 6.07) is 4.32. The summed E-state index contributed by atoms with van der Waals surface area (Å²) in [5.41, 5.74) is 0. The molecule has 6 heteroatoms. The van der Waals surface area contributed by atoms with E-state index in [2.05, 4.69) is 58.9 Å². The Labute approximate surface area is 150 Å². The first-order valence-electron chi connectivity index (χ1n) is 7.31. The lowest BCUT2D eigenvalue weighted by atomic mass is 10.1. The van der Waals surface area contributed by atoms with Crippen LogP contribution in [0, 0.1) is 5.92 Å². The van der Waals surface area contributed by atoms with Crippen LogP contribution in [0.15, 0.2) is 22.5 Å². The molecule has 0 spiro atoms. The van der Waals surface area contributed by atoms with Crippen molar-refractivity contribution in [2.75, 3.05) is 40.3 Å². The summed E-state index contributed by atoms with van der Waals surface area (Å²) in [6.45, 7) is 8.40. The van der Waals surface area contributed by atoms with Crippen molar-refractivity contribution in [2.24, 2.45) is 10.9 Å². The van der Waals surface area contributed by atoms with Gasteiger partial charge in [0.2, 0.25) is 0 Å². The lowest BCUT2D eigenvalue weighted by Gasteiger charge is -2.18. The van der Waals surface area contributed by atoms with Crippen LogP contribution in [-0.2, 0) is 6.42 Å². The number of rotatable bonds is 8. The van der Waals surface area contributed by atoms with Crippen molar-refractivity contribution < 1.29 is 0 Å². The Balaban J connectivity index is 0.00000400. The van der Waals surface area contributed by atoms with Crippen molar-refractivity contribution >= 4 is 41.3 Å². The molecule has 0 saturated heterocycles. The third-order valence-corrected chi connectivity index (χ3v) is 4.20. The van der Waals surface area contributed by atoms with E-state index >= 15 is 0 Å². The Bertz CT molecular complexity index is 381. The zero-order valence-corrected chi connectivity index (χ0v) is 16.7. The molecule has 4 nitrogen and oxygen atoms in total. The van der Waals surface area contributed by atoms with Gasteiger partial charge in [-0.3, -0.25) is 4.99 Å². The Hall–Kier alpha value is -0.340. The van der Waals surface area contributed by atoms with Crippen molar-refractivity contribution in [2.45, 2.75) is 20.3 Å². The average Bonchev–Trinajstić information content (AvgIpc) is 2.95. The SMILES string of the molecule is CCN(C)CCNC(=NC)NCC(C)Cc1cccs1.I. The minimum Gasteiger partial charge on any atom is -0.356 e. The topological polar surface area (TPSA) is 39.7 Å². The number of likely N-dealkylation sites (N-methyl/N-ethyl adjacent to an activating group) is 1. The van der Waals surface area contributed by atoms with Gasteiger partial charge < -0.3 is 15.5 Å². The molecule has 122 valence electrons. The Morgan fingerprint density at radius 2 is 2.19 bits per heavy atom. The highest BCUT2D eigenvalue weighted by Crippen LogP contribution is 2.13. The molecule has 0 aromatic carbocycles. The van der Waals surface area contributed by atoms with Crippen molar-refractivity contribution in [3.63, 3.8) is 0 Å². The minimum absolute atomic E-state index is 0. The molecule has 1 rings (SSSR count). The standard InChI is InChI=1S/C15H28N4S.HI/c1-5-19(4)9-8-17-15(16-3)18-12-13(2)11-14-7-6-10-20-14;/h6-7,10,13H,5,8-9,11-12H2,1-4H3,(H2,16,17,18);1H. The summed E-state index contributed by atoms with van der Waals surface area (Å²) in [4.78, 5) is 7.99. The van der Waals surface area contributed by atoms with E-state index in [9.17, 15) is 0 Å². The van der Waals surface area contributed by atoms with Crippen LogP contribution in [-0.4, -0.2) is 51.1 Å². The lowest BCUT2D eigenvalue weighted by molar-refractivity contribution is 0.357. The van der Waals surface area contributed by atoms with E-state index in [4.69, 9.17) is 0 Å². The van der Waals surface area contributed by atoms with Crippen LogP contribution in [0.2, 0.25) is 0 Å². The maximum Gasteiger partial charge on any atom is 0.191 e. The molecule has 0 bridgehead atoms. The number of aliphatic imine (C=N–C) groups is 1. The van der Waals surface area contributed by atoms with Gasteiger partial charge in [0.15, 0.2) is 5.96 Å². The number of hydrogen-bond donors (Lipinski definition) is 2. The van der Waals surface area contributed by atoms with Crippen molar-refractivity contribution in [3.8, 4) is 0 Å². The zero-order chi connectivity index (χ0) is 14.8. The van der Waals surface area contributed by atoms with Crippen LogP contribution in [0.25, 0.3) is 0 Å². The highest BCUT2D eigenvalue weighted by atomic mass is 127. The number of thiophene rings is 1. The molecular weight excluding hydrogens is 395 g/mol. The fourth-order valence-electron chi connectivity index (χ4n) is 1.86. The molecular formula is C15H29IN4S. The summed E-state index contributed by atoms with van der Waals surface area (Å²) in [6.07, 6.45) is 1.13. The lowest BCUT2D eigenvalue weighted by Crippen LogP contribution is -2.42. The highest BCUT2D eigenvalue weighted by molar-refractivity contribution is 14.0. The van der Waals surface area contributed by atoms with E-state index in [0.29, 0.717) is 5.92 Å². The third-order valence-electron chi connectivity index (χ3n) is 3.30. The second kappa shape index (κ2) is 12.2. The van der Waals surface area contributed by atoms with Gasteiger partial charge in [-0.1, -0.05) is 19.9 Å². The number of nitrogens with zero attached hydrogens (tertiary/aromatic N) is 2. The maximum absolute atomic E-state index is 4.26. The summed E-state index contributed by atoms with van der Waals surface area (Å²) in [5, 5.41) is 8.89. The Morgan fingerprint density at radius 1 is 1.43 bits per heavy atom.